The Labute approximate surface area is 148 Å². The van der Waals surface area contributed by atoms with Crippen molar-refractivity contribution in [1.29, 1.82) is 0 Å². The Morgan fingerprint density at radius 1 is 1.08 bits per heavy atom. The third kappa shape index (κ3) is 4.73. The number of aryl methyl sites for hydroxylation is 2. The van der Waals surface area contributed by atoms with Gasteiger partial charge in [-0.1, -0.05) is 6.07 Å². The molecule has 0 spiro atoms. The van der Waals surface area contributed by atoms with Gasteiger partial charge in [-0.05, 0) is 62.2 Å². The number of hydrogen-bond acceptors (Lipinski definition) is 4. The first kappa shape index (κ1) is 18.8. The Hall–Kier alpha value is -2.54. The molecule has 0 radical (unpaired) electrons. The summed E-state index contributed by atoms with van der Waals surface area (Å²) < 4.78 is 31.1. The highest BCUT2D eigenvalue weighted by atomic mass is 32.2. The average molecular weight is 362 g/mol. The van der Waals surface area contributed by atoms with Crippen LogP contribution in [0.4, 0.5) is 11.4 Å². The maximum absolute atomic E-state index is 12.4. The minimum absolute atomic E-state index is 0.000183. The molecule has 0 aliphatic rings. The maximum atomic E-state index is 12.4. The lowest BCUT2D eigenvalue weighted by atomic mass is 10.1. The van der Waals surface area contributed by atoms with Crippen LogP contribution in [0.15, 0.2) is 36.4 Å². The van der Waals surface area contributed by atoms with Crippen molar-refractivity contribution in [2.24, 2.45) is 0 Å². The molecule has 0 fully saturated rings. The van der Waals surface area contributed by atoms with Gasteiger partial charge in [0.15, 0.2) is 0 Å². The van der Waals surface area contributed by atoms with E-state index in [9.17, 15) is 13.2 Å². The molecule has 25 heavy (non-hydrogen) atoms. The zero-order valence-corrected chi connectivity index (χ0v) is 15.5. The summed E-state index contributed by atoms with van der Waals surface area (Å²) in [5.41, 5.74) is 3.23. The molecular formula is C18H22N2O4S. The molecule has 0 heterocycles. The average Bonchev–Trinajstić information content (AvgIpc) is 2.57. The van der Waals surface area contributed by atoms with E-state index in [0.717, 1.165) is 11.1 Å². The monoisotopic (exact) mass is 362 g/mol. The maximum Gasteiger partial charge on any atom is 0.255 e. The second-order valence-electron chi connectivity index (χ2n) is 5.67. The van der Waals surface area contributed by atoms with Gasteiger partial charge in [0.2, 0.25) is 10.0 Å². The number of carbonyl (C=O) groups excluding carboxylic acids is 1. The van der Waals surface area contributed by atoms with E-state index in [1.807, 2.05) is 13.0 Å². The van der Waals surface area contributed by atoms with Gasteiger partial charge < -0.3 is 10.1 Å². The molecular weight excluding hydrogens is 340 g/mol. The largest absolute Gasteiger partial charge is 0.496 e. The third-order valence-corrected chi connectivity index (χ3v) is 5.09. The fourth-order valence-corrected chi connectivity index (χ4v) is 2.97. The first-order valence-corrected chi connectivity index (χ1v) is 9.48. The number of benzene rings is 2. The van der Waals surface area contributed by atoms with Gasteiger partial charge in [0.1, 0.15) is 5.75 Å². The zero-order chi connectivity index (χ0) is 18.6. The quantitative estimate of drug-likeness (QED) is 0.825. The fraction of sp³-hybridized carbons (Fsp3) is 0.278. The smallest absolute Gasteiger partial charge is 0.255 e. The molecule has 2 N–H and O–H groups in total. The summed E-state index contributed by atoms with van der Waals surface area (Å²) in [6, 6.07) is 10.2. The molecule has 1 amide bonds. The molecule has 134 valence electrons. The highest BCUT2D eigenvalue weighted by molar-refractivity contribution is 7.92. The van der Waals surface area contributed by atoms with Crippen LogP contribution in [0.5, 0.6) is 5.75 Å². The van der Waals surface area contributed by atoms with E-state index in [4.69, 9.17) is 4.74 Å². The predicted molar refractivity (Wildman–Crippen MR) is 99.9 cm³/mol. The molecule has 0 aliphatic heterocycles. The van der Waals surface area contributed by atoms with E-state index in [0.29, 0.717) is 22.7 Å². The van der Waals surface area contributed by atoms with E-state index >= 15 is 0 Å². The van der Waals surface area contributed by atoms with Crippen LogP contribution in [0.1, 0.15) is 28.4 Å². The summed E-state index contributed by atoms with van der Waals surface area (Å²) in [4.78, 5) is 12.4. The summed E-state index contributed by atoms with van der Waals surface area (Å²) in [6.45, 7) is 5.25. The fourth-order valence-electron chi connectivity index (χ4n) is 2.26. The van der Waals surface area contributed by atoms with E-state index < -0.39 is 10.0 Å². The Morgan fingerprint density at radius 2 is 1.80 bits per heavy atom. The summed E-state index contributed by atoms with van der Waals surface area (Å²) >= 11 is 0. The van der Waals surface area contributed by atoms with Gasteiger partial charge in [0, 0.05) is 11.3 Å². The van der Waals surface area contributed by atoms with Crippen molar-refractivity contribution >= 4 is 27.3 Å². The minimum atomic E-state index is -3.34. The Kier molecular flexibility index (Phi) is 5.69. The third-order valence-electron chi connectivity index (χ3n) is 3.80. The van der Waals surface area contributed by atoms with E-state index in [1.165, 1.54) is 0 Å². The number of rotatable bonds is 6. The number of hydrogen-bond donors (Lipinski definition) is 2. The molecule has 0 saturated carbocycles. The molecule has 6 nitrogen and oxygen atoms in total. The highest BCUT2D eigenvalue weighted by Gasteiger charge is 2.12. The van der Waals surface area contributed by atoms with Crippen LogP contribution >= 0.6 is 0 Å². The zero-order valence-electron chi connectivity index (χ0n) is 14.7. The van der Waals surface area contributed by atoms with Gasteiger partial charge >= 0.3 is 0 Å². The lowest BCUT2D eigenvalue weighted by Crippen LogP contribution is -2.16. The van der Waals surface area contributed by atoms with Gasteiger partial charge in [-0.15, -0.1) is 0 Å². The Bertz CT molecular complexity index is 892. The van der Waals surface area contributed by atoms with Crippen molar-refractivity contribution in [3.8, 4) is 5.75 Å². The van der Waals surface area contributed by atoms with Crippen molar-refractivity contribution < 1.29 is 17.9 Å². The molecule has 2 rings (SSSR count). The van der Waals surface area contributed by atoms with Crippen molar-refractivity contribution in [2.75, 3.05) is 22.9 Å². The summed E-state index contributed by atoms with van der Waals surface area (Å²) in [7, 11) is -1.78. The molecule has 7 heteroatoms. The van der Waals surface area contributed by atoms with Crippen molar-refractivity contribution in [3.05, 3.63) is 53.1 Å². The number of sulfonamides is 1. The van der Waals surface area contributed by atoms with Crippen LogP contribution in [-0.2, 0) is 10.0 Å². The van der Waals surface area contributed by atoms with Gasteiger partial charge in [-0.2, -0.15) is 0 Å². The molecule has 2 aromatic rings. The SMILES string of the molecule is CCS(=O)(=O)Nc1ccc(NC(=O)c2ccc(C)c(OC)c2)cc1C. The minimum Gasteiger partial charge on any atom is -0.496 e. The molecule has 2 aromatic carbocycles. The first-order chi connectivity index (χ1) is 11.8. The Balaban J connectivity index is 2.18. The van der Waals surface area contributed by atoms with Crippen LogP contribution in [-0.4, -0.2) is 27.2 Å². The number of methoxy groups -OCH3 is 1. The summed E-state index contributed by atoms with van der Waals surface area (Å²) in [5, 5.41) is 2.80. The number of nitrogens with one attached hydrogen (secondary N) is 2. The van der Waals surface area contributed by atoms with Crippen LogP contribution in [0, 0.1) is 13.8 Å². The number of amides is 1. The Morgan fingerprint density at radius 3 is 2.40 bits per heavy atom. The highest BCUT2D eigenvalue weighted by Crippen LogP contribution is 2.23. The molecule has 0 aliphatic carbocycles. The van der Waals surface area contributed by atoms with Gasteiger partial charge in [0.25, 0.3) is 5.91 Å². The summed E-state index contributed by atoms with van der Waals surface area (Å²) in [6.07, 6.45) is 0. The van der Waals surface area contributed by atoms with E-state index in [2.05, 4.69) is 10.0 Å². The lowest BCUT2D eigenvalue weighted by molar-refractivity contribution is 0.102. The van der Waals surface area contributed by atoms with Crippen molar-refractivity contribution in [2.45, 2.75) is 20.8 Å². The van der Waals surface area contributed by atoms with Crippen LogP contribution in [0.3, 0.4) is 0 Å². The number of ether oxygens (including phenoxy) is 1. The molecule has 0 bridgehead atoms. The molecule has 0 saturated heterocycles. The van der Waals surface area contributed by atoms with E-state index in [1.54, 1.807) is 51.3 Å². The topological polar surface area (TPSA) is 84.5 Å². The van der Waals surface area contributed by atoms with Gasteiger partial charge in [0.05, 0.1) is 18.6 Å². The molecule has 0 unspecified atom stereocenters. The normalized spacial score (nSPS) is 11.0. The van der Waals surface area contributed by atoms with Crippen LogP contribution < -0.4 is 14.8 Å². The van der Waals surface area contributed by atoms with Gasteiger partial charge in [-0.25, -0.2) is 8.42 Å². The van der Waals surface area contributed by atoms with Crippen LogP contribution in [0.25, 0.3) is 0 Å². The standard InChI is InChI=1S/C18H22N2O4S/c1-5-25(22,23)20-16-9-8-15(10-13(16)3)19-18(21)14-7-6-12(2)17(11-14)24-4/h6-11,20H,5H2,1-4H3,(H,19,21). The van der Waals surface area contributed by atoms with E-state index in [-0.39, 0.29) is 11.7 Å². The number of anilines is 2. The van der Waals surface area contributed by atoms with Crippen molar-refractivity contribution in [3.63, 3.8) is 0 Å². The predicted octanol–water partition coefficient (Wildman–Crippen LogP) is 3.33. The second kappa shape index (κ2) is 7.57. The number of carbonyl (C=O) groups is 1. The molecule has 0 aromatic heterocycles. The lowest BCUT2D eigenvalue weighted by Gasteiger charge is -2.12. The van der Waals surface area contributed by atoms with Crippen LogP contribution in [0.2, 0.25) is 0 Å². The molecule has 0 atom stereocenters. The second-order valence-corrected chi connectivity index (χ2v) is 7.68. The van der Waals surface area contributed by atoms with Crippen molar-refractivity contribution in [1.82, 2.24) is 0 Å². The van der Waals surface area contributed by atoms with Gasteiger partial charge in [-0.3, -0.25) is 9.52 Å². The first-order valence-electron chi connectivity index (χ1n) is 7.83. The summed E-state index contributed by atoms with van der Waals surface area (Å²) in [5.74, 6) is 0.382.